The highest BCUT2D eigenvalue weighted by Gasteiger charge is 2.32. The zero-order valence-electron chi connectivity index (χ0n) is 14.9. The van der Waals surface area contributed by atoms with E-state index in [1.165, 1.54) is 12.4 Å². The molecule has 3 N–H and O–H groups in total. The molecular formula is C18H20F3N5O2. The molecule has 10 heteroatoms. The van der Waals surface area contributed by atoms with Crippen LogP contribution in [0.25, 0.3) is 0 Å². The molecule has 2 atom stereocenters. The van der Waals surface area contributed by atoms with Crippen molar-refractivity contribution >= 4 is 17.4 Å². The van der Waals surface area contributed by atoms with Crippen molar-refractivity contribution in [3.05, 3.63) is 42.1 Å². The highest BCUT2D eigenvalue weighted by molar-refractivity contribution is 6.05. The highest BCUT2D eigenvalue weighted by Crippen LogP contribution is 2.28. The topological polar surface area (TPSA) is 100 Å². The molecule has 1 saturated carbocycles. The van der Waals surface area contributed by atoms with E-state index in [4.69, 9.17) is 0 Å². The van der Waals surface area contributed by atoms with Gasteiger partial charge >= 0.3 is 6.18 Å². The minimum absolute atomic E-state index is 0.00713. The fourth-order valence-corrected chi connectivity index (χ4v) is 3.11. The number of aromatic nitrogens is 3. The molecule has 2 unspecified atom stereocenters. The van der Waals surface area contributed by atoms with Gasteiger partial charge in [-0.1, -0.05) is 12.8 Å². The lowest BCUT2D eigenvalue weighted by molar-refractivity contribution is -0.141. The smallest absolute Gasteiger partial charge is 0.393 e. The quantitative estimate of drug-likeness (QED) is 0.719. The average Bonchev–Trinajstić information content (AvgIpc) is 2.67. The van der Waals surface area contributed by atoms with Crippen LogP contribution in [0.15, 0.2) is 30.7 Å². The molecular weight excluding hydrogens is 375 g/mol. The first-order valence-electron chi connectivity index (χ1n) is 8.92. The van der Waals surface area contributed by atoms with E-state index < -0.39 is 23.9 Å². The molecule has 1 aliphatic carbocycles. The Labute approximate surface area is 159 Å². The molecule has 0 aromatic carbocycles. The number of aliphatic hydroxyl groups is 1. The molecule has 0 saturated heterocycles. The Morgan fingerprint density at radius 3 is 2.57 bits per heavy atom. The predicted octanol–water partition coefficient (Wildman–Crippen LogP) is 3.11. The normalized spacial score (nSPS) is 19.9. The first kappa shape index (κ1) is 20.0. The maximum Gasteiger partial charge on any atom is 0.433 e. The largest absolute Gasteiger partial charge is 0.433 e. The third-order valence-corrected chi connectivity index (χ3v) is 4.63. The predicted molar refractivity (Wildman–Crippen MR) is 95.7 cm³/mol. The summed E-state index contributed by atoms with van der Waals surface area (Å²) in [5, 5.41) is 15.6. The van der Waals surface area contributed by atoms with Crippen LogP contribution in [-0.4, -0.2) is 38.6 Å². The van der Waals surface area contributed by atoms with Crippen LogP contribution in [-0.2, 0) is 6.18 Å². The molecule has 28 heavy (non-hydrogen) atoms. The van der Waals surface area contributed by atoms with E-state index in [1.54, 1.807) is 0 Å². The van der Waals surface area contributed by atoms with Crippen LogP contribution in [0, 0.1) is 5.92 Å². The first-order chi connectivity index (χ1) is 13.3. The van der Waals surface area contributed by atoms with E-state index in [-0.39, 0.29) is 23.1 Å². The molecule has 0 bridgehead atoms. The van der Waals surface area contributed by atoms with E-state index in [0.717, 1.165) is 44.0 Å². The Bertz CT molecular complexity index is 814. The van der Waals surface area contributed by atoms with Gasteiger partial charge in [0.1, 0.15) is 5.69 Å². The summed E-state index contributed by atoms with van der Waals surface area (Å²) >= 11 is 0. The van der Waals surface area contributed by atoms with Gasteiger partial charge in [0.15, 0.2) is 11.5 Å². The second-order valence-corrected chi connectivity index (χ2v) is 6.63. The van der Waals surface area contributed by atoms with Crippen molar-refractivity contribution in [2.24, 2.45) is 5.92 Å². The molecule has 1 aliphatic rings. The third kappa shape index (κ3) is 4.94. The summed E-state index contributed by atoms with van der Waals surface area (Å²) in [5.74, 6) is -0.315. The van der Waals surface area contributed by atoms with Crippen molar-refractivity contribution in [3.63, 3.8) is 0 Å². The van der Waals surface area contributed by atoms with Crippen molar-refractivity contribution < 1.29 is 23.1 Å². The van der Waals surface area contributed by atoms with Gasteiger partial charge in [-0.3, -0.25) is 4.79 Å². The van der Waals surface area contributed by atoms with E-state index in [0.29, 0.717) is 6.54 Å². The number of amides is 1. The molecule has 2 aromatic heterocycles. The molecule has 1 fully saturated rings. The summed E-state index contributed by atoms with van der Waals surface area (Å²) in [4.78, 5) is 23.9. The van der Waals surface area contributed by atoms with Crippen LogP contribution in [0.2, 0.25) is 0 Å². The van der Waals surface area contributed by atoms with Gasteiger partial charge in [0, 0.05) is 24.9 Å². The lowest BCUT2D eigenvalue weighted by atomic mass is 9.86. The number of aliphatic hydroxyl groups excluding tert-OH is 1. The monoisotopic (exact) mass is 395 g/mol. The standard InChI is InChI=1S/C18H20F3N5O2/c19-18(20,21)14-6-5-12(10-24-14)26-17(28)15-16(23-8-7-22-15)25-9-11-3-1-2-4-13(11)27/h5-8,10-11,13,27H,1-4,9H2,(H,23,25)(H,26,28). The number of rotatable bonds is 5. The number of hydrogen-bond donors (Lipinski definition) is 3. The Balaban J connectivity index is 1.67. The van der Waals surface area contributed by atoms with E-state index in [9.17, 15) is 23.1 Å². The van der Waals surface area contributed by atoms with Gasteiger partial charge in [-0.15, -0.1) is 0 Å². The van der Waals surface area contributed by atoms with E-state index in [2.05, 4.69) is 25.6 Å². The summed E-state index contributed by atoms with van der Waals surface area (Å²) in [5.41, 5.74) is -0.927. The van der Waals surface area contributed by atoms with Gasteiger partial charge in [-0.25, -0.2) is 15.0 Å². The lowest BCUT2D eigenvalue weighted by Gasteiger charge is -2.27. The zero-order chi connectivity index (χ0) is 20.1. The first-order valence-corrected chi connectivity index (χ1v) is 8.92. The molecule has 2 heterocycles. The van der Waals surface area contributed by atoms with Crippen LogP contribution in [0.1, 0.15) is 41.9 Å². The number of alkyl halides is 3. The van der Waals surface area contributed by atoms with Crippen LogP contribution in [0.4, 0.5) is 24.7 Å². The fraction of sp³-hybridized carbons (Fsp3) is 0.444. The Kier molecular flexibility index (Phi) is 6.08. The summed E-state index contributed by atoms with van der Waals surface area (Å²) in [6, 6.07) is 1.91. The zero-order valence-corrected chi connectivity index (χ0v) is 14.9. The van der Waals surface area contributed by atoms with Crippen LogP contribution >= 0.6 is 0 Å². The van der Waals surface area contributed by atoms with Crippen molar-refractivity contribution in [1.82, 2.24) is 15.0 Å². The number of carbonyl (C=O) groups is 1. The minimum Gasteiger partial charge on any atom is -0.393 e. The fourth-order valence-electron chi connectivity index (χ4n) is 3.11. The third-order valence-electron chi connectivity index (χ3n) is 4.63. The van der Waals surface area contributed by atoms with Crippen molar-refractivity contribution in [2.45, 2.75) is 38.0 Å². The highest BCUT2D eigenvalue weighted by atomic mass is 19.4. The number of anilines is 2. The van der Waals surface area contributed by atoms with Gasteiger partial charge < -0.3 is 15.7 Å². The van der Waals surface area contributed by atoms with Crippen molar-refractivity contribution in [2.75, 3.05) is 17.2 Å². The summed E-state index contributed by atoms with van der Waals surface area (Å²) in [6.45, 7) is 0.446. The molecule has 150 valence electrons. The number of nitrogens with zero attached hydrogens (tertiary/aromatic N) is 3. The van der Waals surface area contributed by atoms with Crippen LogP contribution in [0.5, 0.6) is 0 Å². The number of carbonyl (C=O) groups excluding carboxylic acids is 1. The molecule has 0 radical (unpaired) electrons. The van der Waals surface area contributed by atoms with E-state index in [1.807, 2.05) is 0 Å². The number of halogens is 3. The number of nitrogens with one attached hydrogen (secondary N) is 2. The van der Waals surface area contributed by atoms with Crippen molar-refractivity contribution in [1.29, 1.82) is 0 Å². The molecule has 7 nitrogen and oxygen atoms in total. The van der Waals surface area contributed by atoms with Crippen LogP contribution in [0.3, 0.4) is 0 Å². The van der Waals surface area contributed by atoms with Gasteiger partial charge in [0.2, 0.25) is 0 Å². The maximum atomic E-state index is 12.6. The summed E-state index contributed by atoms with van der Waals surface area (Å²) in [6.07, 6.45) is 2.44. The molecule has 0 aliphatic heterocycles. The molecule has 2 aromatic rings. The summed E-state index contributed by atoms with van der Waals surface area (Å²) < 4.78 is 37.7. The number of pyridine rings is 1. The van der Waals surface area contributed by atoms with Gasteiger partial charge in [0.05, 0.1) is 18.0 Å². The van der Waals surface area contributed by atoms with Crippen LogP contribution < -0.4 is 10.6 Å². The van der Waals surface area contributed by atoms with Crippen molar-refractivity contribution in [3.8, 4) is 0 Å². The Morgan fingerprint density at radius 2 is 1.89 bits per heavy atom. The van der Waals surface area contributed by atoms with Gasteiger partial charge in [0.25, 0.3) is 5.91 Å². The molecule has 1 amide bonds. The second-order valence-electron chi connectivity index (χ2n) is 6.63. The SMILES string of the molecule is O=C(Nc1ccc(C(F)(F)F)nc1)c1nccnc1NCC1CCCCC1O. The Hall–Kier alpha value is -2.75. The molecule has 3 rings (SSSR count). The second kappa shape index (κ2) is 8.51. The minimum atomic E-state index is -4.55. The number of hydrogen-bond acceptors (Lipinski definition) is 6. The lowest BCUT2D eigenvalue weighted by Crippen LogP contribution is -2.31. The maximum absolute atomic E-state index is 12.6. The average molecular weight is 395 g/mol. The van der Waals surface area contributed by atoms with Gasteiger partial charge in [-0.05, 0) is 25.0 Å². The van der Waals surface area contributed by atoms with E-state index >= 15 is 0 Å². The summed E-state index contributed by atoms with van der Waals surface area (Å²) in [7, 11) is 0. The Morgan fingerprint density at radius 1 is 1.14 bits per heavy atom. The van der Waals surface area contributed by atoms with Gasteiger partial charge in [-0.2, -0.15) is 13.2 Å². The molecule has 0 spiro atoms.